The summed E-state index contributed by atoms with van der Waals surface area (Å²) in [6.07, 6.45) is 1.76. The van der Waals surface area contributed by atoms with E-state index in [9.17, 15) is 4.79 Å². The number of hydrogen-bond donors (Lipinski definition) is 0. The van der Waals surface area contributed by atoms with Crippen LogP contribution in [0.1, 0.15) is 38.2 Å². The lowest BCUT2D eigenvalue weighted by molar-refractivity contribution is -0.0165. The van der Waals surface area contributed by atoms with E-state index in [2.05, 4.69) is 33.0 Å². The number of hydrogen-bond acceptors (Lipinski definition) is 6. The van der Waals surface area contributed by atoms with E-state index in [1.807, 2.05) is 43.3 Å². The number of nitrogens with zero attached hydrogens (tertiary/aromatic N) is 1. The van der Waals surface area contributed by atoms with E-state index in [0.717, 1.165) is 39.0 Å². The van der Waals surface area contributed by atoms with Gasteiger partial charge in [0, 0.05) is 28.7 Å². The number of rotatable bonds is 3. The van der Waals surface area contributed by atoms with E-state index >= 15 is 0 Å². The maximum absolute atomic E-state index is 13.4. The van der Waals surface area contributed by atoms with Crippen molar-refractivity contribution < 1.29 is 23.7 Å². The Bertz CT molecular complexity index is 1330. The fourth-order valence-corrected chi connectivity index (χ4v) is 5.20. The van der Waals surface area contributed by atoms with Crippen molar-refractivity contribution in [3.05, 3.63) is 92.1 Å². The molecule has 0 amide bonds. The highest BCUT2D eigenvalue weighted by Gasteiger charge is 2.35. The van der Waals surface area contributed by atoms with Crippen LogP contribution in [0.5, 0.6) is 17.2 Å². The number of allylic oxidation sites excluding steroid dienone is 1. The third kappa shape index (κ3) is 3.79. The molecular weight excluding hydrogens is 498 g/mol. The van der Waals surface area contributed by atoms with Crippen molar-refractivity contribution in [3.63, 3.8) is 0 Å². The SMILES string of the molecule is Cc1cc2c(c3c1C(=O)/C(=C/c1cc(Br)cc4c1OCOC4)O3)CN(Cc1ccccc1)CO2. The second-order valence-electron chi connectivity index (χ2n) is 8.65. The van der Waals surface area contributed by atoms with Crippen LogP contribution in [0.3, 0.4) is 0 Å². The van der Waals surface area contributed by atoms with Crippen molar-refractivity contribution in [2.75, 3.05) is 13.5 Å². The molecule has 3 aromatic rings. The molecule has 0 aliphatic carbocycles. The third-order valence-corrected chi connectivity index (χ3v) is 6.68. The van der Waals surface area contributed by atoms with Gasteiger partial charge in [0.2, 0.25) is 5.78 Å². The van der Waals surface area contributed by atoms with Crippen molar-refractivity contribution in [1.82, 2.24) is 4.90 Å². The Morgan fingerprint density at radius 2 is 1.94 bits per heavy atom. The summed E-state index contributed by atoms with van der Waals surface area (Å²) >= 11 is 3.54. The number of fused-ring (bicyclic) bond motifs is 4. The topological polar surface area (TPSA) is 57.2 Å². The number of Topliss-reactive ketones (excluding diaryl/α,β-unsaturated/α-hetero) is 1. The number of benzene rings is 3. The third-order valence-electron chi connectivity index (χ3n) is 6.23. The number of ether oxygens (including phenoxy) is 4. The van der Waals surface area contributed by atoms with Crippen molar-refractivity contribution >= 4 is 27.8 Å². The largest absolute Gasteiger partial charge is 0.478 e. The van der Waals surface area contributed by atoms with Crippen LogP contribution in [-0.2, 0) is 24.4 Å². The molecule has 3 aliphatic rings. The van der Waals surface area contributed by atoms with E-state index in [-0.39, 0.29) is 18.3 Å². The molecule has 3 aliphatic heterocycles. The predicted molar refractivity (Wildman–Crippen MR) is 130 cm³/mol. The van der Waals surface area contributed by atoms with Gasteiger partial charge in [0.25, 0.3) is 0 Å². The zero-order chi connectivity index (χ0) is 23.2. The molecule has 0 spiro atoms. The fourth-order valence-electron chi connectivity index (χ4n) is 4.68. The molecule has 0 aromatic heterocycles. The minimum Gasteiger partial charge on any atom is -0.478 e. The van der Waals surface area contributed by atoms with Gasteiger partial charge in [-0.3, -0.25) is 9.69 Å². The molecule has 0 fully saturated rings. The Kier molecular flexibility index (Phi) is 5.40. The van der Waals surface area contributed by atoms with Crippen LogP contribution in [-0.4, -0.2) is 24.2 Å². The van der Waals surface area contributed by atoms with Gasteiger partial charge < -0.3 is 18.9 Å². The number of carbonyl (C=O) groups excluding carboxylic acids is 1. The Hall–Kier alpha value is -3.13. The van der Waals surface area contributed by atoms with Crippen LogP contribution >= 0.6 is 15.9 Å². The first kappa shape index (κ1) is 21.4. The van der Waals surface area contributed by atoms with Crippen molar-refractivity contribution in [1.29, 1.82) is 0 Å². The summed E-state index contributed by atoms with van der Waals surface area (Å²) in [5.74, 6) is 2.23. The fraction of sp³-hybridized carbons (Fsp3) is 0.222. The zero-order valence-electron chi connectivity index (χ0n) is 18.6. The van der Waals surface area contributed by atoms with Crippen LogP contribution in [0.15, 0.2) is 58.8 Å². The summed E-state index contributed by atoms with van der Waals surface area (Å²) in [6, 6.07) is 16.1. The molecule has 7 heteroatoms. The van der Waals surface area contributed by atoms with Gasteiger partial charge in [-0.2, -0.15) is 0 Å². The Morgan fingerprint density at radius 3 is 2.79 bits per heavy atom. The molecule has 0 atom stereocenters. The van der Waals surface area contributed by atoms with Crippen molar-refractivity contribution in [2.24, 2.45) is 0 Å². The van der Waals surface area contributed by atoms with Gasteiger partial charge in [-0.05, 0) is 42.3 Å². The Balaban J connectivity index is 1.35. The van der Waals surface area contributed by atoms with Crippen LogP contribution in [0, 0.1) is 6.92 Å². The summed E-state index contributed by atoms with van der Waals surface area (Å²) in [6.45, 7) is 4.44. The first-order valence-corrected chi connectivity index (χ1v) is 11.9. The van der Waals surface area contributed by atoms with E-state index in [1.165, 1.54) is 5.56 Å². The van der Waals surface area contributed by atoms with Gasteiger partial charge in [0.15, 0.2) is 12.6 Å². The summed E-state index contributed by atoms with van der Waals surface area (Å²) in [7, 11) is 0. The molecule has 0 bridgehead atoms. The van der Waals surface area contributed by atoms with E-state index in [0.29, 0.717) is 36.9 Å². The highest BCUT2D eigenvalue weighted by atomic mass is 79.9. The minimum absolute atomic E-state index is 0.128. The molecule has 6 rings (SSSR count). The van der Waals surface area contributed by atoms with E-state index in [1.54, 1.807) is 6.08 Å². The first-order chi connectivity index (χ1) is 16.6. The normalized spacial score (nSPS) is 17.9. The highest BCUT2D eigenvalue weighted by Crippen LogP contribution is 2.45. The molecule has 172 valence electrons. The molecule has 0 saturated carbocycles. The average molecular weight is 520 g/mol. The quantitative estimate of drug-likeness (QED) is 0.420. The predicted octanol–water partition coefficient (Wildman–Crippen LogP) is 5.59. The van der Waals surface area contributed by atoms with Crippen molar-refractivity contribution in [2.45, 2.75) is 26.6 Å². The molecule has 0 radical (unpaired) electrons. The first-order valence-electron chi connectivity index (χ1n) is 11.1. The van der Waals surface area contributed by atoms with E-state index in [4.69, 9.17) is 18.9 Å². The van der Waals surface area contributed by atoms with Gasteiger partial charge in [-0.1, -0.05) is 46.3 Å². The van der Waals surface area contributed by atoms with Gasteiger partial charge in [0.05, 0.1) is 17.7 Å². The monoisotopic (exact) mass is 519 g/mol. The number of carbonyl (C=O) groups is 1. The number of ketones is 1. The molecule has 0 unspecified atom stereocenters. The molecular formula is C27H22BrNO5. The maximum atomic E-state index is 13.4. The minimum atomic E-state index is -0.128. The number of aryl methyl sites for hydroxylation is 1. The summed E-state index contributed by atoms with van der Waals surface area (Å²) in [5.41, 5.74) is 5.26. The molecule has 34 heavy (non-hydrogen) atoms. The Morgan fingerprint density at radius 1 is 1.09 bits per heavy atom. The van der Waals surface area contributed by atoms with Crippen LogP contribution in [0.2, 0.25) is 0 Å². The summed E-state index contributed by atoms with van der Waals surface area (Å²) in [4.78, 5) is 15.6. The average Bonchev–Trinajstić information content (AvgIpc) is 3.17. The van der Waals surface area contributed by atoms with Gasteiger partial charge in [-0.15, -0.1) is 0 Å². The molecule has 0 saturated heterocycles. The van der Waals surface area contributed by atoms with Crippen molar-refractivity contribution in [3.8, 4) is 17.2 Å². The van der Waals surface area contributed by atoms with E-state index < -0.39 is 0 Å². The standard InChI is InChI=1S/C27H22BrNO5/c1-16-7-22-21(12-29(14-32-22)11-17-5-3-2-4-6-17)27-24(16)25(30)23(34-27)10-18-8-20(28)9-19-13-31-15-33-26(18)19/h2-10H,11-15H2,1H3/b23-10-. The molecule has 6 nitrogen and oxygen atoms in total. The summed E-state index contributed by atoms with van der Waals surface area (Å²) < 4.78 is 24.3. The lowest BCUT2D eigenvalue weighted by atomic mass is 9.98. The van der Waals surface area contributed by atoms with Crippen LogP contribution < -0.4 is 14.2 Å². The second kappa shape index (κ2) is 8.58. The van der Waals surface area contributed by atoms with Gasteiger partial charge >= 0.3 is 0 Å². The molecule has 3 heterocycles. The molecule has 3 aromatic carbocycles. The highest BCUT2D eigenvalue weighted by molar-refractivity contribution is 9.10. The molecule has 0 N–H and O–H groups in total. The maximum Gasteiger partial charge on any atom is 0.232 e. The summed E-state index contributed by atoms with van der Waals surface area (Å²) in [5, 5.41) is 0. The van der Waals surface area contributed by atoms with Gasteiger partial charge in [-0.25, -0.2) is 0 Å². The van der Waals surface area contributed by atoms with Crippen LogP contribution in [0.25, 0.3) is 6.08 Å². The Labute approximate surface area is 205 Å². The lowest BCUT2D eigenvalue weighted by Crippen LogP contribution is -2.31. The zero-order valence-corrected chi connectivity index (χ0v) is 20.2. The van der Waals surface area contributed by atoms with Crippen LogP contribution in [0.4, 0.5) is 0 Å². The smallest absolute Gasteiger partial charge is 0.232 e. The van der Waals surface area contributed by atoms with Gasteiger partial charge in [0.1, 0.15) is 24.0 Å². The lowest BCUT2D eigenvalue weighted by Gasteiger charge is -2.30. The number of halogens is 1. The second-order valence-corrected chi connectivity index (χ2v) is 9.57.